The Labute approximate surface area is 133 Å². The second-order valence-electron chi connectivity index (χ2n) is 6.67. The summed E-state index contributed by atoms with van der Waals surface area (Å²) in [5.74, 6) is 0. The molecule has 0 bridgehead atoms. The lowest BCUT2D eigenvalue weighted by molar-refractivity contribution is 0.322. The zero-order valence-electron chi connectivity index (χ0n) is 13.4. The summed E-state index contributed by atoms with van der Waals surface area (Å²) in [5, 5.41) is 0. The molecule has 122 valence electrons. The smallest absolute Gasteiger partial charge is 0.208 e. The van der Waals surface area contributed by atoms with Gasteiger partial charge in [-0.3, -0.25) is 9.88 Å². The number of likely N-dealkylation sites (tertiary alicyclic amines) is 1. The molecular formula is C16H25N3O2S. The molecule has 3 rings (SSSR count). The monoisotopic (exact) mass is 323 g/mol. The van der Waals surface area contributed by atoms with Crippen LogP contribution in [0.2, 0.25) is 0 Å². The van der Waals surface area contributed by atoms with E-state index in [1.165, 1.54) is 35.9 Å². The minimum Gasteiger partial charge on any atom is -0.297 e. The number of rotatable bonds is 4. The van der Waals surface area contributed by atoms with Gasteiger partial charge < -0.3 is 0 Å². The first-order chi connectivity index (χ1) is 10.4. The lowest BCUT2D eigenvalue weighted by Gasteiger charge is -2.23. The van der Waals surface area contributed by atoms with Gasteiger partial charge in [0.15, 0.2) is 0 Å². The van der Waals surface area contributed by atoms with Gasteiger partial charge in [-0.25, -0.2) is 13.1 Å². The Balaban J connectivity index is 1.71. The highest BCUT2D eigenvalue weighted by Gasteiger charge is 2.26. The van der Waals surface area contributed by atoms with Crippen molar-refractivity contribution in [1.82, 2.24) is 14.6 Å². The highest BCUT2D eigenvalue weighted by atomic mass is 32.2. The van der Waals surface area contributed by atoms with Gasteiger partial charge in [-0.05, 0) is 56.2 Å². The summed E-state index contributed by atoms with van der Waals surface area (Å²) < 4.78 is 25.4. The summed E-state index contributed by atoms with van der Waals surface area (Å²) in [6.07, 6.45) is 6.85. The first kappa shape index (κ1) is 15.9. The molecule has 5 nitrogen and oxygen atoms in total. The van der Waals surface area contributed by atoms with Crippen LogP contribution in [-0.4, -0.2) is 43.7 Å². The number of aromatic nitrogens is 1. The van der Waals surface area contributed by atoms with Gasteiger partial charge in [0.05, 0.1) is 6.26 Å². The van der Waals surface area contributed by atoms with Crippen LogP contribution >= 0.6 is 0 Å². The van der Waals surface area contributed by atoms with E-state index in [9.17, 15) is 8.42 Å². The summed E-state index contributed by atoms with van der Waals surface area (Å²) in [5.41, 5.74) is 5.21. The average molecular weight is 323 g/mol. The third-order valence-corrected chi connectivity index (χ3v) is 5.33. The normalized spacial score (nSPS) is 22.7. The second kappa shape index (κ2) is 6.26. The average Bonchev–Trinajstić information content (AvgIpc) is 2.83. The Morgan fingerprint density at radius 1 is 1.36 bits per heavy atom. The number of nitrogens with one attached hydrogen (secondary N) is 1. The molecule has 1 aromatic rings. The van der Waals surface area contributed by atoms with Crippen molar-refractivity contribution in [2.45, 2.75) is 51.6 Å². The summed E-state index contributed by atoms with van der Waals surface area (Å²) in [4.78, 5) is 7.06. The number of hydrogen-bond donors (Lipinski definition) is 1. The Hall–Kier alpha value is -0.980. The zero-order chi connectivity index (χ0) is 15.7. The topological polar surface area (TPSA) is 62.3 Å². The van der Waals surface area contributed by atoms with Crippen molar-refractivity contribution < 1.29 is 8.42 Å². The van der Waals surface area contributed by atoms with Crippen molar-refractivity contribution in [3.05, 3.63) is 28.6 Å². The van der Waals surface area contributed by atoms with E-state index in [1.807, 2.05) is 0 Å². The Bertz CT molecular complexity index is 658. The van der Waals surface area contributed by atoms with Crippen molar-refractivity contribution >= 4 is 10.0 Å². The lowest BCUT2D eigenvalue weighted by atomic mass is 9.91. The maximum Gasteiger partial charge on any atom is 0.208 e. The maximum atomic E-state index is 11.4. The van der Waals surface area contributed by atoms with E-state index in [0.717, 1.165) is 44.6 Å². The van der Waals surface area contributed by atoms with Gasteiger partial charge in [0, 0.05) is 37.1 Å². The van der Waals surface area contributed by atoms with Gasteiger partial charge in [0.1, 0.15) is 0 Å². The molecule has 6 heteroatoms. The van der Waals surface area contributed by atoms with Crippen LogP contribution in [0.25, 0.3) is 0 Å². The first-order valence-corrected chi connectivity index (χ1v) is 9.98. The molecule has 0 saturated carbocycles. The van der Waals surface area contributed by atoms with Gasteiger partial charge in [0.2, 0.25) is 10.0 Å². The highest BCUT2D eigenvalue weighted by Crippen LogP contribution is 2.26. The van der Waals surface area contributed by atoms with Gasteiger partial charge >= 0.3 is 0 Å². The van der Waals surface area contributed by atoms with E-state index in [4.69, 9.17) is 4.98 Å². The van der Waals surface area contributed by atoms with Crippen LogP contribution in [-0.2, 0) is 29.4 Å². The molecule has 22 heavy (non-hydrogen) atoms. The lowest BCUT2D eigenvalue weighted by Crippen LogP contribution is -2.36. The van der Waals surface area contributed by atoms with Crippen LogP contribution in [0, 0.1) is 6.92 Å². The maximum absolute atomic E-state index is 11.4. The molecule has 1 atom stereocenters. The molecule has 0 aromatic carbocycles. The fraction of sp³-hybridized carbons (Fsp3) is 0.688. The van der Waals surface area contributed by atoms with Crippen molar-refractivity contribution in [3.63, 3.8) is 0 Å². The molecule has 1 aliphatic carbocycles. The third kappa shape index (κ3) is 3.86. The van der Waals surface area contributed by atoms with Gasteiger partial charge in [0.25, 0.3) is 0 Å². The van der Waals surface area contributed by atoms with Gasteiger partial charge in [-0.2, -0.15) is 0 Å². The fourth-order valence-corrected chi connectivity index (χ4v) is 4.50. The zero-order valence-corrected chi connectivity index (χ0v) is 14.2. The SMILES string of the molecule is Cc1cc(CN2CCC(NS(C)(=O)=O)C2)c2c(n1)CCCC2. The Kier molecular flexibility index (Phi) is 4.52. The van der Waals surface area contributed by atoms with Crippen LogP contribution in [0.3, 0.4) is 0 Å². The van der Waals surface area contributed by atoms with E-state index in [0.29, 0.717) is 0 Å². The van der Waals surface area contributed by atoms with Crippen molar-refractivity contribution in [3.8, 4) is 0 Å². The predicted octanol–water partition coefficient (Wildman–Crippen LogP) is 1.39. The Morgan fingerprint density at radius 3 is 2.91 bits per heavy atom. The molecule has 2 heterocycles. The number of hydrogen-bond acceptors (Lipinski definition) is 4. The molecular weight excluding hydrogens is 298 g/mol. The summed E-state index contributed by atoms with van der Waals surface area (Å²) in [6.45, 7) is 4.72. The van der Waals surface area contributed by atoms with Crippen LogP contribution < -0.4 is 4.72 Å². The summed E-state index contributed by atoms with van der Waals surface area (Å²) in [6, 6.07) is 2.26. The largest absolute Gasteiger partial charge is 0.297 e. The number of sulfonamides is 1. The van der Waals surface area contributed by atoms with Crippen molar-refractivity contribution in [2.24, 2.45) is 0 Å². The summed E-state index contributed by atoms with van der Waals surface area (Å²) >= 11 is 0. The van der Waals surface area contributed by atoms with E-state index < -0.39 is 10.0 Å². The molecule has 0 spiro atoms. The minimum absolute atomic E-state index is 0.0498. The molecule has 1 N–H and O–H groups in total. The van der Waals surface area contributed by atoms with Crippen LogP contribution in [0.15, 0.2) is 6.07 Å². The van der Waals surface area contributed by atoms with E-state index >= 15 is 0 Å². The summed E-state index contributed by atoms with van der Waals surface area (Å²) in [7, 11) is -3.11. The van der Waals surface area contributed by atoms with Crippen molar-refractivity contribution in [2.75, 3.05) is 19.3 Å². The molecule has 1 saturated heterocycles. The molecule has 2 aliphatic rings. The number of aryl methyl sites for hydroxylation is 2. The van der Waals surface area contributed by atoms with Gasteiger partial charge in [-0.15, -0.1) is 0 Å². The number of fused-ring (bicyclic) bond motifs is 1. The van der Waals surface area contributed by atoms with Crippen LogP contribution in [0.5, 0.6) is 0 Å². The van der Waals surface area contributed by atoms with Crippen LogP contribution in [0.1, 0.15) is 41.8 Å². The third-order valence-electron chi connectivity index (χ3n) is 4.57. The molecule has 0 amide bonds. The molecule has 1 aromatic heterocycles. The second-order valence-corrected chi connectivity index (χ2v) is 8.45. The quantitative estimate of drug-likeness (QED) is 0.909. The molecule has 1 unspecified atom stereocenters. The molecule has 0 radical (unpaired) electrons. The number of nitrogens with zero attached hydrogens (tertiary/aromatic N) is 2. The van der Waals surface area contributed by atoms with Gasteiger partial charge in [-0.1, -0.05) is 0 Å². The van der Waals surface area contributed by atoms with E-state index in [-0.39, 0.29) is 6.04 Å². The van der Waals surface area contributed by atoms with Crippen molar-refractivity contribution in [1.29, 1.82) is 0 Å². The van der Waals surface area contributed by atoms with E-state index in [2.05, 4.69) is 22.6 Å². The van der Waals surface area contributed by atoms with Crippen LogP contribution in [0.4, 0.5) is 0 Å². The first-order valence-electron chi connectivity index (χ1n) is 8.08. The standard InChI is InChI=1S/C16H25N3O2S/c1-12-9-13(15-5-3-4-6-16(15)17-12)10-19-8-7-14(11-19)18-22(2,20)21/h9,14,18H,3-8,10-11H2,1-2H3. The molecule has 1 aliphatic heterocycles. The fourth-order valence-electron chi connectivity index (χ4n) is 3.70. The molecule has 1 fully saturated rings. The van der Waals surface area contributed by atoms with E-state index in [1.54, 1.807) is 0 Å². The Morgan fingerprint density at radius 2 is 2.14 bits per heavy atom. The predicted molar refractivity (Wildman–Crippen MR) is 87.3 cm³/mol. The highest BCUT2D eigenvalue weighted by molar-refractivity contribution is 7.88. The number of pyridine rings is 1. The minimum atomic E-state index is -3.11.